The van der Waals surface area contributed by atoms with Crippen molar-refractivity contribution in [2.45, 2.75) is 4.90 Å². The monoisotopic (exact) mass is 346 g/mol. The fourth-order valence-corrected chi connectivity index (χ4v) is 3.24. The van der Waals surface area contributed by atoms with Crippen molar-refractivity contribution in [3.8, 4) is 5.75 Å². The topological polar surface area (TPSA) is 121 Å². The largest absolute Gasteiger partial charge is 0.504 e. The third-order valence-electron chi connectivity index (χ3n) is 2.74. The molecule has 9 nitrogen and oxygen atoms in total. The third-order valence-corrected chi connectivity index (χ3v) is 5.24. The van der Waals surface area contributed by atoms with Gasteiger partial charge in [-0.05, 0) is 12.1 Å². The van der Waals surface area contributed by atoms with Gasteiger partial charge >= 0.3 is 0 Å². The maximum atomic E-state index is 12.1. The first-order chi connectivity index (χ1) is 10.3. The molecule has 22 heavy (non-hydrogen) atoms. The van der Waals surface area contributed by atoms with E-state index < -0.39 is 26.9 Å². The number of hydrogen-bond donors (Lipinski definition) is 2. The van der Waals surface area contributed by atoms with E-state index in [1.165, 1.54) is 39.4 Å². The van der Waals surface area contributed by atoms with Gasteiger partial charge in [0.05, 0.1) is 12.8 Å². The van der Waals surface area contributed by atoms with E-state index in [-0.39, 0.29) is 22.3 Å². The predicted molar refractivity (Wildman–Crippen MR) is 82.6 cm³/mol. The average Bonchev–Trinajstić information content (AvgIpc) is 2.80. The van der Waals surface area contributed by atoms with Crippen molar-refractivity contribution in [3.05, 3.63) is 18.2 Å². The van der Waals surface area contributed by atoms with Gasteiger partial charge in [-0.15, -0.1) is 8.80 Å². The Balaban J connectivity index is 2.42. The summed E-state index contributed by atoms with van der Waals surface area (Å²) >= 11 is -1.81. The summed E-state index contributed by atoms with van der Waals surface area (Å²) in [6, 6.07) is 4.17. The van der Waals surface area contributed by atoms with Crippen molar-refractivity contribution >= 4 is 38.6 Å². The first-order valence-corrected chi connectivity index (χ1v) is 8.43. The second-order valence-electron chi connectivity index (χ2n) is 4.34. The van der Waals surface area contributed by atoms with Crippen molar-refractivity contribution in [1.82, 2.24) is 4.31 Å². The highest BCUT2D eigenvalue weighted by Crippen LogP contribution is 2.32. The number of rotatable bonds is 3. The van der Waals surface area contributed by atoms with Crippen LogP contribution in [0.1, 0.15) is 0 Å². The number of para-hydroxylation sites is 1. The number of methoxy groups -OCH3 is 1. The maximum Gasteiger partial charge on any atom is 0.271 e. The van der Waals surface area contributed by atoms with Gasteiger partial charge in [-0.25, -0.2) is 16.9 Å². The molecule has 1 aliphatic rings. The minimum atomic E-state index is -3.81. The van der Waals surface area contributed by atoms with Gasteiger partial charge in [0.15, 0.2) is 5.75 Å². The van der Waals surface area contributed by atoms with Crippen LogP contribution in [-0.4, -0.2) is 55.0 Å². The Hall–Kier alpha value is -1.98. The van der Waals surface area contributed by atoms with Crippen LogP contribution >= 0.6 is 0 Å². The Morgan fingerprint density at radius 3 is 2.59 bits per heavy atom. The molecule has 2 N–H and O–H groups in total. The summed E-state index contributed by atoms with van der Waals surface area (Å²) in [6.07, 6.45) is 0. The van der Waals surface area contributed by atoms with Crippen molar-refractivity contribution < 1.29 is 22.5 Å². The van der Waals surface area contributed by atoms with Crippen molar-refractivity contribution in [1.29, 1.82) is 0 Å². The number of anilines is 1. The zero-order valence-corrected chi connectivity index (χ0v) is 13.6. The van der Waals surface area contributed by atoms with E-state index >= 15 is 0 Å². The number of nitrogens with one attached hydrogen (secondary N) is 1. The Bertz CT molecular complexity index is 786. The zero-order valence-electron chi connectivity index (χ0n) is 12.0. The Kier molecular flexibility index (Phi) is 4.49. The molecule has 0 saturated heterocycles. The second-order valence-corrected chi connectivity index (χ2v) is 7.28. The summed E-state index contributed by atoms with van der Waals surface area (Å²) in [6.45, 7) is 0. The number of phenolic OH excluding ortho intramolecular Hbond substituents is 1. The van der Waals surface area contributed by atoms with Gasteiger partial charge in [-0.1, -0.05) is 6.07 Å². The first kappa shape index (κ1) is 16.4. The van der Waals surface area contributed by atoms with E-state index in [0.717, 1.165) is 4.31 Å². The molecule has 1 aliphatic heterocycles. The second kappa shape index (κ2) is 6.02. The molecule has 0 aliphatic carbocycles. The molecule has 0 fully saturated rings. The van der Waals surface area contributed by atoms with E-state index in [0.29, 0.717) is 0 Å². The quantitative estimate of drug-likeness (QED) is 0.748. The molecule has 0 amide bonds. The maximum absolute atomic E-state index is 12.1. The lowest BCUT2D eigenvalue weighted by molar-refractivity contribution is 0.413. The first-order valence-electron chi connectivity index (χ1n) is 5.92. The average molecular weight is 346 g/mol. The number of amidine groups is 1. The van der Waals surface area contributed by atoms with E-state index in [2.05, 4.69) is 14.1 Å². The number of aromatic hydroxyl groups is 1. The smallest absolute Gasteiger partial charge is 0.271 e. The highest BCUT2D eigenvalue weighted by molar-refractivity contribution is 7.89. The van der Waals surface area contributed by atoms with Crippen LogP contribution in [0, 0.1) is 0 Å². The number of hydrogen-bond acceptors (Lipinski definition) is 6. The van der Waals surface area contributed by atoms with Gasteiger partial charge in [-0.3, -0.25) is 0 Å². The lowest BCUT2D eigenvalue weighted by atomic mass is 10.3. The van der Waals surface area contributed by atoms with E-state index in [1.807, 2.05) is 0 Å². The van der Waals surface area contributed by atoms with Gasteiger partial charge in [0.25, 0.3) is 17.1 Å². The molecule has 1 heterocycles. The molecule has 0 radical (unpaired) electrons. The van der Waals surface area contributed by atoms with Gasteiger partial charge in [-0.2, -0.15) is 0 Å². The Labute approximate surface area is 130 Å². The zero-order chi connectivity index (χ0) is 16.5. The van der Waals surface area contributed by atoms with Gasteiger partial charge in [0, 0.05) is 14.1 Å². The molecule has 0 bridgehead atoms. The SMILES string of the molecule is COC1=NS(=O)N=C1Nc1cccc(S(=O)(=O)N(C)C)c1O. The molecule has 1 atom stereocenters. The van der Waals surface area contributed by atoms with Crippen molar-refractivity contribution in [2.24, 2.45) is 8.80 Å². The van der Waals surface area contributed by atoms with Crippen LogP contribution in [0.5, 0.6) is 5.75 Å². The van der Waals surface area contributed by atoms with Crippen molar-refractivity contribution in [2.75, 3.05) is 26.5 Å². The summed E-state index contributed by atoms with van der Waals surface area (Å²) in [5.74, 6) is -0.443. The molecular weight excluding hydrogens is 332 g/mol. The summed E-state index contributed by atoms with van der Waals surface area (Å²) in [5, 5.41) is 12.8. The fraction of sp³-hybridized carbons (Fsp3) is 0.273. The Morgan fingerprint density at radius 1 is 1.32 bits per heavy atom. The molecular formula is C11H14N4O5S2. The molecule has 1 aromatic carbocycles. The molecule has 0 spiro atoms. The predicted octanol–water partition coefficient (Wildman–Crippen LogP) is 0.0901. The standard InChI is InChI=1S/C11H14N4O5S2/c1-15(2)22(18,19)8-6-4-5-7(9(8)16)12-10-11(20-3)14-21(17)13-10/h4-6,16H,1-3H3,(H,12,13). The van der Waals surface area contributed by atoms with Gasteiger partial charge in [0.1, 0.15) is 4.90 Å². The number of sulfonamides is 1. The van der Waals surface area contributed by atoms with Crippen LogP contribution in [0.25, 0.3) is 0 Å². The number of phenols is 1. The fourth-order valence-electron chi connectivity index (χ4n) is 1.62. The lowest BCUT2D eigenvalue weighted by Crippen LogP contribution is -2.24. The van der Waals surface area contributed by atoms with E-state index in [9.17, 15) is 17.7 Å². The summed E-state index contributed by atoms with van der Waals surface area (Å²) < 4.78 is 48.7. The molecule has 1 aromatic rings. The molecule has 120 valence electrons. The van der Waals surface area contributed by atoms with E-state index in [4.69, 9.17) is 4.74 Å². The minimum absolute atomic E-state index is 0.00129. The highest BCUT2D eigenvalue weighted by Gasteiger charge is 2.25. The summed E-state index contributed by atoms with van der Waals surface area (Å²) in [7, 11) is 0.225. The number of nitrogens with zero attached hydrogens (tertiary/aromatic N) is 3. The Morgan fingerprint density at radius 2 is 2.00 bits per heavy atom. The minimum Gasteiger partial charge on any atom is -0.504 e. The van der Waals surface area contributed by atoms with Crippen LogP contribution in [0.15, 0.2) is 31.9 Å². The van der Waals surface area contributed by atoms with Crippen molar-refractivity contribution in [3.63, 3.8) is 0 Å². The number of ether oxygens (including phenoxy) is 1. The third kappa shape index (κ3) is 2.96. The molecule has 0 saturated carbocycles. The molecule has 2 rings (SSSR count). The lowest BCUT2D eigenvalue weighted by Gasteiger charge is -2.15. The van der Waals surface area contributed by atoms with Gasteiger partial charge in [0.2, 0.25) is 15.9 Å². The van der Waals surface area contributed by atoms with Crippen LogP contribution in [0.2, 0.25) is 0 Å². The van der Waals surface area contributed by atoms with Crippen LogP contribution in [-0.2, 0) is 25.9 Å². The molecule has 1 unspecified atom stereocenters. The number of benzene rings is 1. The van der Waals surface area contributed by atoms with Crippen LogP contribution in [0.4, 0.5) is 5.69 Å². The molecule has 11 heteroatoms. The molecule has 0 aromatic heterocycles. The summed E-state index contributed by atoms with van der Waals surface area (Å²) in [4.78, 5) is -0.266. The van der Waals surface area contributed by atoms with Crippen LogP contribution in [0.3, 0.4) is 0 Å². The van der Waals surface area contributed by atoms with Crippen LogP contribution < -0.4 is 5.32 Å². The van der Waals surface area contributed by atoms with Gasteiger partial charge < -0.3 is 15.2 Å². The summed E-state index contributed by atoms with van der Waals surface area (Å²) in [5.41, 5.74) is 0.0744. The highest BCUT2D eigenvalue weighted by atomic mass is 32.2. The van der Waals surface area contributed by atoms with E-state index in [1.54, 1.807) is 0 Å². The normalized spacial score (nSPS) is 18.1.